The number of ether oxygens (including phenoxy) is 1. The number of aromatic hydroxyl groups is 1. The van der Waals surface area contributed by atoms with E-state index in [2.05, 4.69) is 11.9 Å². The molecule has 1 aromatic rings. The normalized spacial score (nSPS) is 18.0. The lowest BCUT2D eigenvalue weighted by molar-refractivity contribution is 0.137. The van der Waals surface area contributed by atoms with Gasteiger partial charge in [0.2, 0.25) is 0 Å². The van der Waals surface area contributed by atoms with Gasteiger partial charge >= 0.3 is 0 Å². The predicted octanol–water partition coefficient (Wildman–Crippen LogP) is 2.95. The summed E-state index contributed by atoms with van der Waals surface area (Å²) in [6, 6.07) is 6.06. The third-order valence-electron chi connectivity index (χ3n) is 3.55. The average molecular weight is 261 g/mol. The Morgan fingerprint density at radius 1 is 1.42 bits per heavy atom. The standard InChI is InChI=1S/C16H23NO2/c1-2-3-10-19-11-9-17-16-6-4-5-13-7-8-14(18)12-15(13)16/h2,7-8,12,16-18H,1,3-6,9-11H2. The molecule has 0 aliphatic heterocycles. The Morgan fingerprint density at radius 2 is 2.32 bits per heavy atom. The summed E-state index contributed by atoms with van der Waals surface area (Å²) in [7, 11) is 0. The molecular formula is C16H23NO2. The van der Waals surface area contributed by atoms with Crippen molar-refractivity contribution in [3.05, 3.63) is 42.0 Å². The van der Waals surface area contributed by atoms with Crippen LogP contribution in [0.15, 0.2) is 30.9 Å². The van der Waals surface area contributed by atoms with E-state index in [1.807, 2.05) is 18.2 Å². The topological polar surface area (TPSA) is 41.5 Å². The van der Waals surface area contributed by atoms with Crippen molar-refractivity contribution in [2.75, 3.05) is 19.8 Å². The van der Waals surface area contributed by atoms with Gasteiger partial charge in [0.05, 0.1) is 13.2 Å². The Morgan fingerprint density at radius 3 is 3.16 bits per heavy atom. The highest BCUT2D eigenvalue weighted by Crippen LogP contribution is 2.31. The van der Waals surface area contributed by atoms with Crippen molar-refractivity contribution in [2.24, 2.45) is 0 Å². The first-order valence-electron chi connectivity index (χ1n) is 7.05. The van der Waals surface area contributed by atoms with E-state index in [0.29, 0.717) is 11.8 Å². The molecule has 0 spiro atoms. The third-order valence-corrected chi connectivity index (χ3v) is 3.55. The van der Waals surface area contributed by atoms with Gasteiger partial charge in [-0.3, -0.25) is 0 Å². The molecule has 19 heavy (non-hydrogen) atoms. The molecule has 3 nitrogen and oxygen atoms in total. The molecule has 0 radical (unpaired) electrons. The van der Waals surface area contributed by atoms with Crippen LogP contribution < -0.4 is 5.32 Å². The lowest BCUT2D eigenvalue weighted by Gasteiger charge is -2.26. The molecule has 0 fully saturated rings. The van der Waals surface area contributed by atoms with Crippen molar-refractivity contribution in [1.29, 1.82) is 0 Å². The van der Waals surface area contributed by atoms with Crippen LogP contribution in [0.1, 0.15) is 36.4 Å². The van der Waals surface area contributed by atoms with E-state index in [1.165, 1.54) is 17.5 Å². The zero-order valence-corrected chi connectivity index (χ0v) is 11.4. The molecule has 1 aliphatic rings. The number of hydrogen-bond donors (Lipinski definition) is 2. The van der Waals surface area contributed by atoms with Gasteiger partial charge in [-0.25, -0.2) is 0 Å². The van der Waals surface area contributed by atoms with Gasteiger partial charge in [-0.15, -0.1) is 6.58 Å². The smallest absolute Gasteiger partial charge is 0.115 e. The van der Waals surface area contributed by atoms with Gasteiger partial charge in [0.15, 0.2) is 0 Å². The quantitative estimate of drug-likeness (QED) is 0.585. The van der Waals surface area contributed by atoms with E-state index < -0.39 is 0 Å². The third kappa shape index (κ3) is 4.08. The second-order valence-corrected chi connectivity index (χ2v) is 4.97. The van der Waals surface area contributed by atoms with Crippen LogP contribution in [0.3, 0.4) is 0 Å². The zero-order chi connectivity index (χ0) is 13.5. The van der Waals surface area contributed by atoms with E-state index in [0.717, 1.165) is 39.0 Å². The van der Waals surface area contributed by atoms with Crippen LogP contribution in [0.4, 0.5) is 0 Å². The highest BCUT2D eigenvalue weighted by atomic mass is 16.5. The van der Waals surface area contributed by atoms with Crippen LogP contribution in [-0.2, 0) is 11.2 Å². The van der Waals surface area contributed by atoms with E-state index in [-0.39, 0.29) is 0 Å². The fourth-order valence-corrected chi connectivity index (χ4v) is 2.57. The van der Waals surface area contributed by atoms with Crippen LogP contribution in [0, 0.1) is 0 Å². The van der Waals surface area contributed by atoms with Gasteiger partial charge in [0, 0.05) is 12.6 Å². The number of rotatable bonds is 7. The molecule has 0 heterocycles. The molecule has 1 aliphatic carbocycles. The molecule has 1 unspecified atom stereocenters. The van der Waals surface area contributed by atoms with Crippen molar-refractivity contribution in [2.45, 2.75) is 31.7 Å². The zero-order valence-electron chi connectivity index (χ0n) is 11.4. The fourth-order valence-electron chi connectivity index (χ4n) is 2.57. The van der Waals surface area contributed by atoms with Crippen molar-refractivity contribution in [3.63, 3.8) is 0 Å². The summed E-state index contributed by atoms with van der Waals surface area (Å²) in [5.74, 6) is 0.356. The summed E-state index contributed by atoms with van der Waals surface area (Å²) in [6.45, 7) is 5.97. The maximum absolute atomic E-state index is 9.61. The first kappa shape index (κ1) is 14.1. The Labute approximate surface area is 115 Å². The lowest BCUT2D eigenvalue weighted by Crippen LogP contribution is -2.28. The van der Waals surface area contributed by atoms with Gasteiger partial charge < -0.3 is 15.2 Å². The summed E-state index contributed by atoms with van der Waals surface area (Å²) in [5, 5.41) is 13.1. The van der Waals surface area contributed by atoms with Crippen molar-refractivity contribution >= 4 is 0 Å². The van der Waals surface area contributed by atoms with Gasteiger partial charge in [0.25, 0.3) is 0 Å². The largest absolute Gasteiger partial charge is 0.508 e. The minimum Gasteiger partial charge on any atom is -0.508 e. The number of fused-ring (bicyclic) bond motifs is 1. The van der Waals surface area contributed by atoms with Crippen LogP contribution in [-0.4, -0.2) is 24.9 Å². The van der Waals surface area contributed by atoms with Crippen LogP contribution in [0.25, 0.3) is 0 Å². The van der Waals surface area contributed by atoms with Crippen molar-refractivity contribution in [1.82, 2.24) is 5.32 Å². The van der Waals surface area contributed by atoms with E-state index >= 15 is 0 Å². The Hall–Kier alpha value is -1.32. The minimum atomic E-state index is 0.346. The summed E-state index contributed by atoms with van der Waals surface area (Å²) in [4.78, 5) is 0. The molecule has 1 aromatic carbocycles. The second kappa shape index (κ2) is 7.31. The molecule has 0 aromatic heterocycles. The maximum Gasteiger partial charge on any atom is 0.115 e. The van der Waals surface area contributed by atoms with Gasteiger partial charge in [0.1, 0.15) is 5.75 Å². The fraction of sp³-hybridized carbons (Fsp3) is 0.500. The first-order valence-corrected chi connectivity index (χ1v) is 7.05. The summed E-state index contributed by atoms with van der Waals surface area (Å²) in [5.41, 5.74) is 2.60. The molecule has 104 valence electrons. The number of aryl methyl sites for hydroxylation is 1. The predicted molar refractivity (Wildman–Crippen MR) is 77.4 cm³/mol. The number of nitrogens with one attached hydrogen (secondary N) is 1. The number of benzene rings is 1. The molecule has 1 atom stereocenters. The highest BCUT2D eigenvalue weighted by molar-refractivity contribution is 5.38. The minimum absolute atomic E-state index is 0.346. The molecule has 0 bridgehead atoms. The summed E-state index contributed by atoms with van der Waals surface area (Å²) in [6.07, 6.45) is 6.22. The van der Waals surface area contributed by atoms with E-state index in [9.17, 15) is 5.11 Å². The Kier molecular flexibility index (Phi) is 5.43. The number of phenols is 1. The summed E-state index contributed by atoms with van der Waals surface area (Å²) >= 11 is 0. The van der Waals surface area contributed by atoms with Gasteiger partial charge in [-0.2, -0.15) is 0 Å². The van der Waals surface area contributed by atoms with E-state index in [4.69, 9.17) is 4.74 Å². The van der Waals surface area contributed by atoms with Crippen molar-refractivity contribution in [3.8, 4) is 5.75 Å². The molecule has 0 saturated carbocycles. The first-order chi connectivity index (χ1) is 9.31. The molecular weight excluding hydrogens is 238 g/mol. The average Bonchev–Trinajstić information content (AvgIpc) is 2.43. The number of phenolic OH excluding ortho intramolecular Hbond substituents is 1. The Bertz CT molecular complexity index is 417. The SMILES string of the molecule is C=CCCOCCNC1CCCc2ccc(O)cc21. The van der Waals surface area contributed by atoms with Gasteiger partial charge in [-0.1, -0.05) is 12.1 Å². The van der Waals surface area contributed by atoms with Crippen LogP contribution in [0.5, 0.6) is 5.75 Å². The highest BCUT2D eigenvalue weighted by Gasteiger charge is 2.19. The Balaban J connectivity index is 1.82. The lowest BCUT2D eigenvalue weighted by atomic mass is 9.87. The second-order valence-electron chi connectivity index (χ2n) is 4.97. The molecule has 0 saturated heterocycles. The molecule has 0 amide bonds. The summed E-state index contributed by atoms with van der Waals surface area (Å²) < 4.78 is 5.49. The maximum atomic E-state index is 9.61. The number of hydrogen-bond acceptors (Lipinski definition) is 3. The van der Waals surface area contributed by atoms with Crippen LogP contribution >= 0.6 is 0 Å². The molecule has 2 N–H and O–H groups in total. The van der Waals surface area contributed by atoms with Crippen LogP contribution in [0.2, 0.25) is 0 Å². The molecule has 2 rings (SSSR count). The molecule has 3 heteroatoms. The van der Waals surface area contributed by atoms with Gasteiger partial charge in [-0.05, 0) is 48.9 Å². The van der Waals surface area contributed by atoms with Crippen molar-refractivity contribution < 1.29 is 9.84 Å². The monoisotopic (exact) mass is 261 g/mol. The van der Waals surface area contributed by atoms with E-state index in [1.54, 1.807) is 6.07 Å².